The molecular weight excluding hydrogens is 132 g/mol. The second-order valence-electron chi connectivity index (χ2n) is 2.27. The fraction of sp³-hybridized carbons (Fsp3) is 0.600. The molecule has 1 aliphatic rings. The molecule has 0 atom stereocenters. The van der Waals surface area contributed by atoms with Crippen LogP contribution in [0.3, 0.4) is 0 Å². The number of urea groups is 1. The Bertz CT molecular complexity index is 188. The zero-order valence-corrected chi connectivity index (χ0v) is 6.03. The van der Waals surface area contributed by atoms with E-state index in [0.717, 1.165) is 10.7 Å². The van der Waals surface area contributed by atoms with E-state index in [1.165, 1.54) is 5.01 Å². The van der Waals surface area contributed by atoms with Crippen LogP contribution in [0.5, 0.6) is 0 Å². The van der Waals surface area contributed by atoms with Crippen LogP contribution in [0.2, 0.25) is 0 Å². The number of carbonyl (C=O) groups is 1. The van der Waals surface area contributed by atoms with Crippen molar-refractivity contribution in [1.29, 1.82) is 0 Å². The molecule has 1 aliphatic heterocycles. The van der Waals surface area contributed by atoms with Gasteiger partial charge in [-0.3, -0.25) is 5.01 Å². The molecule has 1 heterocycles. The van der Waals surface area contributed by atoms with E-state index in [4.69, 9.17) is 5.84 Å². The molecule has 0 aromatic rings. The maximum atomic E-state index is 10.9. The van der Waals surface area contributed by atoms with Crippen molar-refractivity contribution in [1.82, 2.24) is 10.0 Å². The monoisotopic (exact) mass is 142 g/mol. The van der Waals surface area contributed by atoms with Gasteiger partial charge in [0, 0.05) is 7.05 Å². The highest BCUT2D eigenvalue weighted by molar-refractivity contribution is 5.91. The summed E-state index contributed by atoms with van der Waals surface area (Å²) in [7, 11) is 1.57. The van der Waals surface area contributed by atoms with Crippen LogP contribution in [0, 0.1) is 0 Å². The number of hydrazone groups is 1. The van der Waals surface area contributed by atoms with Gasteiger partial charge in [-0.15, -0.1) is 0 Å². The Labute approximate surface area is 59.0 Å². The van der Waals surface area contributed by atoms with Crippen molar-refractivity contribution in [2.75, 3.05) is 13.6 Å². The van der Waals surface area contributed by atoms with E-state index in [2.05, 4.69) is 5.10 Å². The van der Waals surface area contributed by atoms with Crippen LogP contribution in [0.25, 0.3) is 0 Å². The molecule has 0 radical (unpaired) electrons. The summed E-state index contributed by atoms with van der Waals surface area (Å²) in [4.78, 5) is 10.9. The molecule has 0 unspecified atom stereocenters. The first-order chi connectivity index (χ1) is 4.61. The maximum Gasteiger partial charge on any atom is 0.354 e. The quantitative estimate of drug-likeness (QED) is 0.369. The third kappa shape index (κ3) is 1.08. The van der Waals surface area contributed by atoms with Crippen molar-refractivity contribution in [3.8, 4) is 0 Å². The summed E-state index contributed by atoms with van der Waals surface area (Å²) in [5.41, 5.74) is 0.838. The number of nitrogens with two attached hydrogens (primary N) is 1. The van der Waals surface area contributed by atoms with Crippen LogP contribution in [0.4, 0.5) is 4.79 Å². The topological polar surface area (TPSA) is 61.9 Å². The number of hydrazine groups is 1. The van der Waals surface area contributed by atoms with Gasteiger partial charge < -0.3 is 0 Å². The van der Waals surface area contributed by atoms with E-state index >= 15 is 0 Å². The normalized spacial score (nSPS) is 19.5. The first-order valence-electron chi connectivity index (χ1n) is 2.95. The van der Waals surface area contributed by atoms with Crippen LogP contribution in [-0.4, -0.2) is 35.4 Å². The lowest BCUT2D eigenvalue weighted by molar-refractivity contribution is 0.165. The summed E-state index contributed by atoms with van der Waals surface area (Å²) >= 11 is 0. The predicted molar refractivity (Wildman–Crippen MR) is 37.2 cm³/mol. The Morgan fingerprint density at radius 1 is 1.70 bits per heavy atom. The van der Waals surface area contributed by atoms with Gasteiger partial charge in [-0.25, -0.2) is 15.6 Å². The molecule has 0 spiro atoms. The molecule has 10 heavy (non-hydrogen) atoms. The van der Waals surface area contributed by atoms with Crippen molar-refractivity contribution in [2.24, 2.45) is 10.9 Å². The molecule has 0 fully saturated rings. The summed E-state index contributed by atoms with van der Waals surface area (Å²) in [6.07, 6.45) is 0. The van der Waals surface area contributed by atoms with E-state index in [9.17, 15) is 4.79 Å². The largest absolute Gasteiger partial charge is 0.354 e. The molecule has 56 valence electrons. The summed E-state index contributed by atoms with van der Waals surface area (Å²) < 4.78 is 0. The number of amides is 2. The Morgan fingerprint density at radius 2 is 2.30 bits per heavy atom. The van der Waals surface area contributed by atoms with Gasteiger partial charge >= 0.3 is 6.03 Å². The van der Waals surface area contributed by atoms with Crippen LogP contribution < -0.4 is 5.84 Å². The third-order valence-corrected chi connectivity index (χ3v) is 1.24. The highest BCUT2D eigenvalue weighted by atomic mass is 16.2. The molecule has 0 aromatic heterocycles. The van der Waals surface area contributed by atoms with Crippen molar-refractivity contribution >= 4 is 11.7 Å². The van der Waals surface area contributed by atoms with E-state index in [-0.39, 0.29) is 6.03 Å². The van der Waals surface area contributed by atoms with Crippen molar-refractivity contribution in [3.63, 3.8) is 0 Å². The van der Waals surface area contributed by atoms with Crippen LogP contribution in [0.15, 0.2) is 5.10 Å². The highest BCUT2D eigenvalue weighted by Crippen LogP contribution is 1.99. The zero-order chi connectivity index (χ0) is 7.72. The molecule has 1 rings (SSSR count). The first kappa shape index (κ1) is 7.01. The molecule has 2 amide bonds. The molecule has 0 aliphatic carbocycles. The smallest absolute Gasteiger partial charge is 0.255 e. The average Bonchev–Trinajstić information content (AvgIpc) is 1.82. The standard InChI is InChI=1S/C5H10N4O/c1-4-3-9(6)5(10)8(2)7-4/h3,6H2,1-2H3. The molecule has 5 nitrogen and oxygen atoms in total. The minimum absolute atomic E-state index is 0.273. The molecule has 0 bridgehead atoms. The predicted octanol–water partition coefficient (Wildman–Crippen LogP) is -0.397. The second kappa shape index (κ2) is 2.26. The SMILES string of the molecule is CC1=NN(C)C(=O)N(N)C1. The van der Waals surface area contributed by atoms with E-state index < -0.39 is 0 Å². The van der Waals surface area contributed by atoms with Crippen LogP contribution in [-0.2, 0) is 0 Å². The van der Waals surface area contributed by atoms with Gasteiger partial charge in [-0.1, -0.05) is 0 Å². The highest BCUT2D eigenvalue weighted by Gasteiger charge is 2.19. The third-order valence-electron chi connectivity index (χ3n) is 1.24. The van der Waals surface area contributed by atoms with Gasteiger partial charge in [0.15, 0.2) is 0 Å². The lowest BCUT2D eigenvalue weighted by Crippen LogP contribution is -2.49. The van der Waals surface area contributed by atoms with Crippen molar-refractivity contribution < 1.29 is 4.79 Å². The van der Waals surface area contributed by atoms with E-state index in [1.807, 2.05) is 6.92 Å². The number of rotatable bonds is 0. The molecule has 2 N–H and O–H groups in total. The zero-order valence-electron chi connectivity index (χ0n) is 6.03. The number of hydrogen-bond acceptors (Lipinski definition) is 3. The molecule has 0 saturated heterocycles. The Balaban J connectivity index is 2.79. The average molecular weight is 142 g/mol. The van der Waals surface area contributed by atoms with Crippen molar-refractivity contribution in [2.45, 2.75) is 6.92 Å². The fourth-order valence-corrected chi connectivity index (χ4v) is 0.831. The van der Waals surface area contributed by atoms with Crippen LogP contribution in [0.1, 0.15) is 6.92 Å². The fourth-order valence-electron chi connectivity index (χ4n) is 0.831. The van der Waals surface area contributed by atoms with Gasteiger partial charge in [-0.2, -0.15) is 5.10 Å². The molecular formula is C5H10N4O. The summed E-state index contributed by atoms with van der Waals surface area (Å²) in [5.74, 6) is 5.32. The number of hydrogen-bond donors (Lipinski definition) is 1. The van der Waals surface area contributed by atoms with Gasteiger partial charge in [0.2, 0.25) is 0 Å². The maximum absolute atomic E-state index is 10.9. The minimum atomic E-state index is -0.273. The first-order valence-corrected chi connectivity index (χ1v) is 2.95. The second-order valence-corrected chi connectivity index (χ2v) is 2.27. The Hall–Kier alpha value is -1.10. The molecule has 0 saturated carbocycles. The summed E-state index contributed by atoms with van der Waals surface area (Å²) in [6.45, 7) is 2.24. The van der Waals surface area contributed by atoms with Gasteiger partial charge in [0.25, 0.3) is 0 Å². The van der Waals surface area contributed by atoms with Crippen molar-refractivity contribution in [3.05, 3.63) is 0 Å². The Morgan fingerprint density at radius 3 is 2.80 bits per heavy atom. The lowest BCUT2D eigenvalue weighted by Gasteiger charge is -2.25. The van der Waals surface area contributed by atoms with E-state index in [1.54, 1.807) is 7.05 Å². The minimum Gasteiger partial charge on any atom is -0.255 e. The van der Waals surface area contributed by atoms with Gasteiger partial charge in [0.05, 0.1) is 12.3 Å². The Kier molecular flexibility index (Phi) is 1.58. The summed E-state index contributed by atoms with van der Waals surface area (Å²) in [5, 5.41) is 6.24. The van der Waals surface area contributed by atoms with Gasteiger partial charge in [0.1, 0.15) is 0 Å². The lowest BCUT2D eigenvalue weighted by atomic mass is 10.4. The number of nitrogens with zero attached hydrogens (tertiary/aromatic N) is 3. The van der Waals surface area contributed by atoms with Crippen LogP contribution >= 0.6 is 0 Å². The number of carbonyl (C=O) groups excluding carboxylic acids is 1. The van der Waals surface area contributed by atoms with Gasteiger partial charge in [-0.05, 0) is 6.92 Å². The van der Waals surface area contributed by atoms with E-state index in [0.29, 0.717) is 6.54 Å². The molecule has 0 aromatic carbocycles. The molecule has 5 heteroatoms. The summed E-state index contributed by atoms with van der Waals surface area (Å²) in [6, 6.07) is -0.273.